The molecule has 0 spiro atoms. The standard InChI is InChI=1S/C19H19ClN2O2/c1-14(19(24)21-13-16-9-5-6-10-17(16)20)22-18(23)12-11-15-7-3-2-4-8-15/h2-12,14H,13H2,1H3,(H,21,24)(H,22,23)/b12-11+. The zero-order chi connectivity index (χ0) is 17.4. The van der Waals surface area contributed by atoms with Gasteiger partial charge < -0.3 is 10.6 Å². The van der Waals surface area contributed by atoms with Gasteiger partial charge in [-0.25, -0.2) is 0 Å². The summed E-state index contributed by atoms with van der Waals surface area (Å²) in [5.74, 6) is -0.587. The summed E-state index contributed by atoms with van der Waals surface area (Å²) in [5, 5.41) is 5.98. The zero-order valence-electron chi connectivity index (χ0n) is 13.3. The number of carbonyl (C=O) groups is 2. The Balaban J connectivity index is 1.81. The fourth-order valence-electron chi connectivity index (χ4n) is 2.04. The average molecular weight is 343 g/mol. The van der Waals surface area contributed by atoms with E-state index in [0.29, 0.717) is 11.6 Å². The number of hydrogen-bond donors (Lipinski definition) is 2. The maximum Gasteiger partial charge on any atom is 0.244 e. The molecule has 2 aromatic carbocycles. The van der Waals surface area contributed by atoms with Crippen LogP contribution < -0.4 is 10.6 Å². The smallest absolute Gasteiger partial charge is 0.244 e. The second kappa shape index (κ2) is 8.89. The molecule has 0 heterocycles. The number of halogens is 1. The third-order valence-corrected chi connectivity index (χ3v) is 3.76. The van der Waals surface area contributed by atoms with Crippen molar-refractivity contribution in [2.45, 2.75) is 19.5 Å². The van der Waals surface area contributed by atoms with Gasteiger partial charge in [0, 0.05) is 17.6 Å². The van der Waals surface area contributed by atoms with Crippen LogP contribution in [0.1, 0.15) is 18.1 Å². The highest BCUT2D eigenvalue weighted by Crippen LogP contribution is 2.14. The molecule has 1 atom stereocenters. The molecule has 2 amide bonds. The Morgan fingerprint density at radius 1 is 1.08 bits per heavy atom. The van der Waals surface area contributed by atoms with Crippen LogP contribution >= 0.6 is 11.6 Å². The molecule has 0 radical (unpaired) electrons. The molecule has 4 nitrogen and oxygen atoms in total. The van der Waals surface area contributed by atoms with Gasteiger partial charge in [0.25, 0.3) is 0 Å². The van der Waals surface area contributed by atoms with Crippen molar-refractivity contribution in [3.05, 3.63) is 76.8 Å². The third-order valence-electron chi connectivity index (χ3n) is 3.39. The van der Waals surface area contributed by atoms with Gasteiger partial charge in [-0.1, -0.05) is 60.1 Å². The molecular weight excluding hydrogens is 324 g/mol. The SMILES string of the molecule is CC(NC(=O)/C=C/c1ccccc1)C(=O)NCc1ccccc1Cl. The highest BCUT2D eigenvalue weighted by Gasteiger charge is 2.14. The Labute approximate surface area is 146 Å². The molecule has 1 unspecified atom stereocenters. The van der Waals surface area contributed by atoms with Crippen LogP contribution in [0.3, 0.4) is 0 Å². The quantitative estimate of drug-likeness (QED) is 0.792. The molecule has 0 aromatic heterocycles. The van der Waals surface area contributed by atoms with E-state index >= 15 is 0 Å². The molecule has 124 valence electrons. The number of benzene rings is 2. The predicted octanol–water partition coefficient (Wildman–Crippen LogP) is 3.17. The van der Waals surface area contributed by atoms with Crippen LogP contribution in [0.2, 0.25) is 5.02 Å². The number of hydrogen-bond acceptors (Lipinski definition) is 2. The number of carbonyl (C=O) groups excluding carboxylic acids is 2. The molecule has 2 rings (SSSR count). The summed E-state index contributed by atoms with van der Waals surface area (Å²) in [5.41, 5.74) is 1.75. The van der Waals surface area contributed by atoms with Crippen molar-refractivity contribution in [3.8, 4) is 0 Å². The highest BCUT2D eigenvalue weighted by molar-refractivity contribution is 6.31. The van der Waals surface area contributed by atoms with Crippen LogP contribution in [0.25, 0.3) is 6.08 Å². The summed E-state index contributed by atoms with van der Waals surface area (Å²) in [7, 11) is 0. The molecule has 0 fully saturated rings. The van der Waals surface area contributed by atoms with Gasteiger partial charge in [-0.2, -0.15) is 0 Å². The summed E-state index contributed by atoms with van der Waals surface area (Å²) >= 11 is 6.04. The second-order valence-electron chi connectivity index (χ2n) is 5.28. The molecule has 0 bridgehead atoms. The summed E-state index contributed by atoms with van der Waals surface area (Å²) in [4.78, 5) is 23.9. The summed E-state index contributed by atoms with van der Waals surface area (Å²) in [6, 6.07) is 16.1. The fraction of sp³-hybridized carbons (Fsp3) is 0.158. The van der Waals surface area contributed by atoms with Crippen molar-refractivity contribution in [1.29, 1.82) is 0 Å². The van der Waals surface area contributed by atoms with Gasteiger partial charge in [0.2, 0.25) is 11.8 Å². The fourth-order valence-corrected chi connectivity index (χ4v) is 2.24. The molecule has 2 N–H and O–H groups in total. The first-order valence-electron chi connectivity index (χ1n) is 7.61. The molecule has 0 saturated carbocycles. The highest BCUT2D eigenvalue weighted by atomic mass is 35.5. The molecule has 0 aliphatic rings. The van der Waals surface area contributed by atoms with Crippen molar-refractivity contribution in [3.63, 3.8) is 0 Å². The first-order chi connectivity index (χ1) is 11.6. The zero-order valence-corrected chi connectivity index (χ0v) is 14.1. The lowest BCUT2D eigenvalue weighted by Crippen LogP contribution is -2.44. The molecule has 2 aromatic rings. The Kier molecular flexibility index (Phi) is 6.58. The molecule has 0 saturated heterocycles. The maximum atomic E-state index is 12.0. The van der Waals surface area contributed by atoms with Gasteiger partial charge >= 0.3 is 0 Å². The molecule has 24 heavy (non-hydrogen) atoms. The van der Waals surface area contributed by atoms with Crippen LogP contribution in [-0.2, 0) is 16.1 Å². The normalized spacial score (nSPS) is 11.9. The topological polar surface area (TPSA) is 58.2 Å². The Bertz CT molecular complexity index is 729. The largest absolute Gasteiger partial charge is 0.350 e. The number of rotatable bonds is 6. The van der Waals surface area contributed by atoms with Gasteiger partial charge in [0.15, 0.2) is 0 Å². The summed E-state index contributed by atoms with van der Waals surface area (Å²) in [6.07, 6.45) is 3.11. The lowest BCUT2D eigenvalue weighted by Gasteiger charge is -2.13. The maximum absolute atomic E-state index is 12.0. The van der Waals surface area contributed by atoms with E-state index in [2.05, 4.69) is 10.6 Å². The molecule has 0 aliphatic heterocycles. The Hall–Kier alpha value is -2.59. The molecule has 0 aliphatic carbocycles. The van der Waals surface area contributed by atoms with Gasteiger partial charge in [-0.3, -0.25) is 9.59 Å². The van der Waals surface area contributed by atoms with Crippen molar-refractivity contribution in [1.82, 2.24) is 10.6 Å². The number of amides is 2. The van der Waals surface area contributed by atoms with Gasteiger partial charge in [0.05, 0.1) is 0 Å². The van der Waals surface area contributed by atoms with E-state index in [1.165, 1.54) is 6.08 Å². The monoisotopic (exact) mass is 342 g/mol. The van der Waals surface area contributed by atoms with Crippen LogP contribution in [0, 0.1) is 0 Å². The van der Waals surface area contributed by atoms with Gasteiger partial charge in [-0.05, 0) is 30.2 Å². The van der Waals surface area contributed by atoms with Crippen LogP contribution in [-0.4, -0.2) is 17.9 Å². The van der Waals surface area contributed by atoms with E-state index in [1.54, 1.807) is 19.1 Å². The first kappa shape index (κ1) is 17.8. The lowest BCUT2D eigenvalue weighted by molar-refractivity contribution is -0.126. The summed E-state index contributed by atoms with van der Waals surface area (Å²) in [6.45, 7) is 1.95. The third kappa shape index (κ3) is 5.56. The van der Waals surface area contributed by atoms with Crippen LogP contribution in [0.4, 0.5) is 0 Å². The molecule has 5 heteroatoms. The van der Waals surface area contributed by atoms with Crippen LogP contribution in [0.5, 0.6) is 0 Å². The lowest BCUT2D eigenvalue weighted by atomic mass is 10.2. The first-order valence-corrected chi connectivity index (χ1v) is 7.99. The van der Waals surface area contributed by atoms with E-state index in [4.69, 9.17) is 11.6 Å². The average Bonchev–Trinajstić information content (AvgIpc) is 2.60. The van der Waals surface area contributed by atoms with Crippen molar-refractivity contribution in [2.75, 3.05) is 0 Å². The van der Waals surface area contributed by atoms with E-state index in [1.807, 2.05) is 48.5 Å². The van der Waals surface area contributed by atoms with E-state index < -0.39 is 6.04 Å². The van der Waals surface area contributed by atoms with E-state index in [9.17, 15) is 9.59 Å². The number of nitrogens with one attached hydrogen (secondary N) is 2. The van der Waals surface area contributed by atoms with Crippen LogP contribution in [0.15, 0.2) is 60.7 Å². The molecular formula is C19H19ClN2O2. The van der Waals surface area contributed by atoms with E-state index in [0.717, 1.165) is 11.1 Å². The predicted molar refractivity (Wildman–Crippen MR) is 96.4 cm³/mol. The minimum atomic E-state index is -0.639. The Morgan fingerprint density at radius 2 is 1.75 bits per heavy atom. The van der Waals surface area contributed by atoms with Gasteiger partial charge in [0.1, 0.15) is 6.04 Å². The van der Waals surface area contributed by atoms with Crippen molar-refractivity contribution >= 4 is 29.5 Å². The minimum Gasteiger partial charge on any atom is -0.350 e. The van der Waals surface area contributed by atoms with Gasteiger partial charge in [-0.15, -0.1) is 0 Å². The Morgan fingerprint density at radius 3 is 2.46 bits per heavy atom. The minimum absolute atomic E-state index is 0.267. The van der Waals surface area contributed by atoms with Crippen molar-refractivity contribution < 1.29 is 9.59 Å². The van der Waals surface area contributed by atoms with E-state index in [-0.39, 0.29) is 11.8 Å². The summed E-state index contributed by atoms with van der Waals surface area (Å²) < 4.78 is 0. The van der Waals surface area contributed by atoms with Crippen molar-refractivity contribution in [2.24, 2.45) is 0 Å². The second-order valence-corrected chi connectivity index (χ2v) is 5.69.